The van der Waals surface area contributed by atoms with Gasteiger partial charge in [-0.1, -0.05) is 36.4 Å². The molecule has 2 aliphatic rings. The van der Waals surface area contributed by atoms with Crippen molar-refractivity contribution in [2.45, 2.75) is 25.8 Å². The second-order valence-electron chi connectivity index (χ2n) is 9.45. The van der Waals surface area contributed by atoms with Crippen LogP contribution in [0.1, 0.15) is 30.0 Å². The number of amides is 2. The molecule has 2 aromatic rings. The van der Waals surface area contributed by atoms with Crippen molar-refractivity contribution in [1.82, 2.24) is 15.1 Å². The fraction of sp³-hybridized carbons (Fsp3) is 0.481. The number of ether oxygens (including phenoxy) is 1. The third kappa shape index (κ3) is 5.59. The molecular weight excluding hydrogens is 428 g/mol. The van der Waals surface area contributed by atoms with E-state index in [0.29, 0.717) is 24.9 Å². The normalized spacial score (nSPS) is 21.6. The van der Waals surface area contributed by atoms with Gasteiger partial charge in [0.15, 0.2) is 0 Å². The highest BCUT2D eigenvalue weighted by Crippen LogP contribution is 2.34. The van der Waals surface area contributed by atoms with Crippen molar-refractivity contribution < 1.29 is 14.3 Å². The number of piperazine rings is 1. The molecule has 2 heterocycles. The van der Waals surface area contributed by atoms with Crippen LogP contribution in [0.3, 0.4) is 0 Å². The van der Waals surface area contributed by atoms with Crippen molar-refractivity contribution in [3.63, 3.8) is 0 Å². The molecule has 34 heavy (non-hydrogen) atoms. The first-order valence-electron chi connectivity index (χ1n) is 12.2. The highest BCUT2D eigenvalue weighted by Gasteiger charge is 2.36. The minimum Gasteiger partial charge on any atom is -0.495 e. The molecule has 2 fully saturated rings. The van der Waals surface area contributed by atoms with E-state index in [1.807, 2.05) is 25.1 Å². The van der Waals surface area contributed by atoms with Gasteiger partial charge in [0.1, 0.15) is 5.75 Å². The van der Waals surface area contributed by atoms with Gasteiger partial charge in [0.2, 0.25) is 11.8 Å². The van der Waals surface area contributed by atoms with Crippen LogP contribution in [0, 0.1) is 12.8 Å². The van der Waals surface area contributed by atoms with Gasteiger partial charge in [-0.15, -0.1) is 0 Å². The minimum atomic E-state index is -0.335. The summed E-state index contributed by atoms with van der Waals surface area (Å²) in [6, 6.07) is 16.8. The third-order valence-electron chi connectivity index (χ3n) is 6.92. The van der Waals surface area contributed by atoms with Gasteiger partial charge in [-0.05, 0) is 43.7 Å². The van der Waals surface area contributed by atoms with Gasteiger partial charge in [-0.2, -0.15) is 0 Å². The lowest BCUT2D eigenvalue weighted by Crippen LogP contribution is -2.47. The number of carbonyl (C=O) groups is 2. The molecule has 0 aliphatic carbocycles. The summed E-state index contributed by atoms with van der Waals surface area (Å²) >= 11 is 0. The van der Waals surface area contributed by atoms with Gasteiger partial charge in [-0.3, -0.25) is 14.5 Å². The van der Waals surface area contributed by atoms with E-state index in [-0.39, 0.29) is 24.2 Å². The van der Waals surface area contributed by atoms with E-state index >= 15 is 0 Å². The average molecular weight is 465 g/mol. The van der Waals surface area contributed by atoms with Crippen molar-refractivity contribution in [1.29, 1.82) is 0 Å². The molecular formula is C27H36N4O3. The van der Waals surface area contributed by atoms with Crippen molar-refractivity contribution in [3.8, 4) is 5.75 Å². The number of benzene rings is 2. The van der Waals surface area contributed by atoms with Crippen molar-refractivity contribution >= 4 is 17.5 Å². The predicted molar refractivity (Wildman–Crippen MR) is 134 cm³/mol. The summed E-state index contributed by atoms with van der Waals surface area (Å²) < 4.78 is 5.44. The van der Waals surface area contributed by atoms with Crippen LogP contribution in [-0.4, -0.2) is 75.0 Å². The molecule has 2 saturated heterocycles. The first-order chi connectivity index (χ1) is 16.5. The fourth-order valence-corrected chi connectivity index (χ4v) is 4.98. The van der Waals surface area contributed by atoms with Gasteiger partial charge >= 0.3 is 0 Å². The summed E-state index contributed by atoms with van der Waals surface area (Å²) in [6.45, 7) is 7.01. The van der Waals surface area contributed by atoms with Crippen LogP contribution in [0.5, 0.6) is 5.75 Å². The molecule has 2 unspecified atom stereocenters. The van der Waals surface area contributed by atoms with Crippen LogP contribution in [0.2, 0.25) is 0 Å². The van der Waals surface area contributed by atoms with E-state index in [9.17, 15) is 9.59 Å². The molecule has 0 saturated carbocycles. The Hall–Kier alpha value is -2.90. The quantitative estimate of drug-likeness (QED) is 0.609. The van der Waals surface area contributed by atoms with Crippen molar-refractivity contribution in [2.75, 3.05) is 58.3 Å². The zero-order valence-corrected chi connectivity index (χ0v) is 20.5. The highest BCUT2D eigenvalue weighted by atomic mass is 16.5. The molecule has 7 nitrogen and oxygen atoms in total. The number of likely N-dealkylation sites (N-methyl/N-ethyl adjacent to an activating group) is 1. The Morgan fingerprint density at radius 2 is 1.91 bits per heavy atom. The monoisotopic (exact) mass is 464 g/mol. The average Bonchev–Trinajstić information content (AvgIpc) is 3.24. The van der Waals surface area contributed by atoms with Crippen LogP contribution >= 0.6 is 0 Å². The number of methoxy groups -OCH3 is 1. The van der Waals surface area contributed by atoms with E-state index in [2.05, 4.69) is 52.5 Å². The van der Waals surface area contributed by atoms with E-state index in [1.165, 1.54) is 5.56 Å². The standard InChI is InChI=1S/C27H36N4O3/c1-20-10-11-25(34-3)23(16-20)31-18-22(17-26(31)32)27(33)28-12-7-13-30-15-14-29(2)19-24(30)21-8-5-4-6-9-21/h4-6,8-11,16,22,24H,7,12-15,17-19H2,1-3H3,(H,28,33). The molecule has 0 spiro atoms. The number of carbonyl (C=O) groups excluding carboxylic acids is 2. The largest absolute Gasteiger partial charge is 0.495 e. The maximum absolute atomic E-state index is 12.8. The summed E-state index contributed by atoms with van der Waals surface area (Å²) in [7, 11) is 3.77. The summed E-state index contributed by atoms with van der Waals surface area (Å²) in [5, 5.41) is 3.07. The summed E-state index contributed by atoms with van der Waals surface area (Å²) in [5.41, 5.74) is 3.13. The highest BCUT2D eigenvalue weighted by molar-refractivity contribution is 6.01. The Morgan fingerprint density at radius 1 is 1.12 bits per heavy atom. The molecule has 182 valence electrons. The zero-order chi connectivity index (χ0) is 24.1. The topological polar surface area (TPSA) is 65.1 Å². The number of rotatable bonds is 8. The molecule has 2 aliphatic heterocycles. The maximum atomic E-state index is 12.8. The van der Waals surface area contributed by atoms with Gasteiger partial charge in [0.05, 0.1) is 18.7 Å². The number of nitrogens with zero attached hydrogens (tertiary/aromatic N) is 3. The molecule has 2 amide bonds. The van der Waals surface area contributed by atoms with Crippen LogP contribution in [0.15, 0.2) is 48.5 Å². The molecule has 0 aromatic heterocycles. The number of hydrogen-bond donors (Lipinski definition) is 1. The van der Waals surface area contributed by atoms with Crippen LogP contribution in [-0.2, 0) is 9.59 Å². The smallest absolute Gasteiger partial charge is 0.227 e. The second kappa shape index (κ2) is 11.0. The zero-order valence-electron chi connectivity index (χ0n) is 20.5. The Labute approximate surface area is 202 Å². The van der Waals surface area contributed by atoms with E-state index < -0.39 is 0 Å². The summed E-state index contributed by atoms with van der Waals surface area (Å²) in [4.78, 5) is 32.1. The Balaban J connectivity index is 1.28. The van der Waals surface area contributed by atoms with Crippen LogP contribution in [0.4, 0.5) is 5.69 Å². The molecule has 2 aromatic carbocycles. The Morgan fingerprint density at radius 3 is 2.68 bits per heavy atom. The third-order valence-corrected chi connectivity index (χ3v) is 6.92. The van der Waals surface area contributed by atoms with Gasteiger partial charge in [0.25, 0.3) is 0 Å². The molecule has 1 N–H and O–H groups in total. The number of hydrogen-bond acceptors (Lipinski definition) is 5. The lowest BCUT2D eigenvalue weighted by Gasteiger charge is -2.40. The van der Waals surface area contributed by atoms with Gasteiger partial charge in [0, 0.05) is 51.7 Å². The molecule has 7 heteroatoms. The minimum absolute atomic E-state index is 0.0350. The SMILES string of the molecule is COc1ccc(C)cc1N1CC(C(=O)NCCCN2CCN(C)CC2c2ccccc2)CC1=O. The van der Waals surface area contributed by atoms with Crippen molar-refractivity contribution in [2.24, 2.45) is 5.92 Å². The van der Waals surface area contributed by atoms with Crippen LogP contribution in [0.25, 0.3) is 0 Å². The lowest BCUT2D eigenvalue weighted by atomic mass is 10.0. The van der Waals surface area contributed by atoms with Gasteiger partial charge in [-0.25, -0.2) is 0 Å². The van der Waals surface area contributed by atoms with E-state index in [1.54, 1.807) is 12.0 Å². The fourth-order valence-electron chi connectivity index (χ4n) is 4.98. The number of nitrogens with one attached hydrogen (secondary N) is 1. The van der Waals surface area contributed by atoms with Crippen molar-refractivity contribution in [3.05, 3.63) is 59.7 Å². The second-order valence-corrected chi connectivity index (χ2v) is 9.45. The predicted octanol–water partition coefficient (Wildman–Crippen LogP) is 2.85. The first kappa shape index (κ1) is 24.2. The number of aryl methyl sites for hydroxylation is 1. The maximum Gasteiger partial charge on any atom is 0.227 e. The van der Waals surface area contributed by atoms with E-state index in [4.69, 9.17) is 4.74 Å². The molecule has 0 radical (unpaired) electrons. The summed E-state index contributed by atoms with van der Waals surface area (Å²) in [6.07, 6.45) is 1.12. The number of anilines is 1. The Bertz CT molecular complexity index is 997. The summed E-state index contributed by atoms with van der Waals surface area (Å²) in [5.74, 6) is 0.242. The van der Waals surface area contributed by atoms with Gasteiger partial charge < -0.3 is 19.9 Å². The lowest BCUT2D eigenvalue weighted by molar-refractivity contribution is -0.126. The van der Waals surface area contributed by atoms with E-state index in [0.717, 1.165) is 43.9 Å². The molecule has 2 atom stereocenters. The first-order valence-corrected chi connectivity index (χ1v) is 12.2. The molecule has 4 rings (SSSR count). The molecule has 0 bridgehead atoms. The Kier molecular flexibility index (Phi) is 7.85. The van der Waals surface area contributed by atoms with Crippen LogP contribution < -0.4 is 15.0 Å².